The van der Waals surface area contributed by atoms with Gasteiger partial charge in [-0.15, -0.1) is 0 Å². The quantitative estimate of drug-likeness (QED) is 0.662. The van der Waals surface area contributed by atoms with Gasteiger partial charge >= 0.3 is 12.3 Å². The molecule has 34 heavy (non-hydrogen) atoms. The number of rotatable bonds is 2. The Kier molecular flexibility index (Phi) is 9.63. The minimum atomic E-state index is -4.47. The summed E-state index contributed by atoms with van der Waals surface area (Å²) in [6.45, 7) is 9.29. The van der Waals surface area contributed by atoms with E-state index in [9.17, 15) is 18.0 Å². The molecule has 2 N–H and O–H groups in total. The van der Waals surface area contributed by atoms with E-state index in [0.717, 1.165) is 18.2 Å². The van der Waals surface area contributed by atoms with Crippen LogP contribution in [0.3, 0.4) is 0 Å². The van der Waals surface area contributed by atoms with Gasteiger partial charge < -0.3 is 24.8 Å². The van der Waals surface area contributed by atoms with E-state index in [0.29, 0.717) is 25.9 Å². The minimum Gasteiger partial charge on any atom is -0.445 e. The number of hydrogen-bond acceptors (Lipinski definition) is 7. The summed E-state index contributed by atoms with van der Waals surface area (Å²) >= 11 is 0. The summed E-state index contributed by atoms with van der Waals surface area (Å²) in [5.41, 5.74) is 4.90. The second kappa shape index (κ2) is 12.0. The summed E-state index contributed by atoms with van der Waals surface area (Å²) < 4.78 is 52.4. The fraction of sp³-hybridized carbons (Fsp3) is 0.522. The van der Waals surface area contributed by atoms with E-state index in [-0.39, 0.29) is 24.1 Å². The molecule has 1 aromatic heterocycles. The van der Waals surface area contributed by atoms with Crippen molar-refractivity contribution in [3.05, 3.63) is 54.0 Å². The average Bonchev–Trinajstić information content (AvgIpc) is 3.12. The molecule has 11 heteroatoms. The summed E-state index contributed by atoms with van der Waals surface area (Å²) in [6, 6.07) is 9.68. The lowest BCUT2D eigenvalue weighted by Crippen LogP contribution is -2.47. The van der Waals surface area contributed by atoms with E-state index in [1.807, 2.05) is 58.0 Å². The van der Waals surface area contributed by atoms with Crippen LogP contribution in [0.4, 0.5) is 23.8 Å². The van der Waals surface area contributed by atoms with Gasteiger partial charge in [0.1, 0.15) is 18.5 Å². The monoisotopic (exact) mass is 484 g/mol. The standard InChI is InChI=1S/C16H21NO4.C5H4F3N3.C2H6/c1-16(2)20-13-8-9-17(10-14(13)21-16)15(18)19-11-12-6-4-3-5-7-12;6-5(7,8)3-1-10-2-4(9)11-3;1-2/h3-7,13-14H,8-11H2,1-2H3;1-2H,(H2,9,11);1-2H3. The van der Waals surface area contributed by atoms with Crippen molar-refractivity contribution in [3.63, 3.8) is 0 Å². The number of ether oxygens (including phenoxy) is 3. The van der Waals surface area contributed by atoms with E-state index in [1.54, 1.807) is 4.90 Å². The summed E-state index contributed by atoms with van der Waals surface area (Å²) in [5.74, 6) is -0.793. The molecule has 3 heterocycles. The molecule has 1 amide bonds. The Morgan fingerprint density at radius 2 is 1.82 bits per heavy atom. The van der Waals surface area contributed by atoms with E-state index in [2.05, 4.69) is 9.97 Å². The number of carbonyl (C=O) groups is 1. The fourth-order valence-corrected chi connectivity index (χ4v) is 3.39. The molecule has 4 rings (SSSR count). The van der Waals surface area contributed by atoms with Gasteiger partial charge in [0.15, 0.2) is 11.5 Å². The number of alkyl halides is 3. The van der Waals surface area contributed by atoms with Crippen LogP contribution >= 0.6 is 0 Å². The Hall–Kier alpha value is -2.92. The van der Waals surface area contributed by atoms with Gasteiger partial charge in [-0.3, -0.25) is 4.98 Å². The topological polar surface area (TPSA) is 99.8 Å². The number of fused-ring (bicyclic) bond motifs is 1. The molecule has 1 aromatic carbocycles. The van der Waals surface area contributed by atoms with Gasteiger partial charge in [0.25, 0.3) is 0 Å². The van der Waals surface area contributed by atoms with E-state index in [4.69, 9.17) is 19.9 Å². The van der Waals surface area contributed by atoms with Gasteiger partial charge in [0.2, 0.25) is 0 Å². The van der Waals surface area contributed by atoms with Crippen molar-refractivity contribution in [2.45, 2.75) is 64.9 Å². The molecule has 2 saturated heterocycles. The zero-order chi connectivity index (χ0) is 25.4. The molecular formula is C23H31F3N4O4. The Morgan fingerprint density at radius 1 is 1.18 bits per heavy atom. The molecule has 2 aromatic rings. The van der Waals surface area contributed by atoms with Gasteiger partial charge in [0, 0.05) is 6.54 Å². The predicted octanol–water partition coefficient (Wildman–Crippen LogP) is 4.65. The van der Waals surface area contributed by atoms with Gasteiger partial charge in [-0.05, 0) is 25.8 Å². The lowest BCUT2D eigenvalue weighted by molar-refractivity contribution is -0.145. The normalized spacial score (nSPS) is 20.7. The summed E-state index contributed by atoms with van der Waals surface area (Å²) in [6.07, 6.45) is -2.27. The molecule has 8 nitrogen and oxygen atoms in total. The molecule has 2 fully saturated rings. The number of benzene rings is 1. The number of hydrogen-bond donors (Lipinski definition) is 1. The van der Waals surface area contributed by atoms with Crippen molar-refractivity contribution >= 4 is 11.9 Å². The van der Waals surface area contributed by atoms with Gasteiger partial charge in [-0.1, -0.05) is 44.2 Å². The molecule has 0 radical (unpaired) electrons. The van der Waals surface area contributed by atoms with E-state index < -0.39 is 17.7 Å². The molecule has 2 aliphatic heterocycles. The molecule has 0 aliphatic carbocycles. The summed E-state index contributed by atoms with van der Waals surface area (Å²) in [4.78, 5) is 20.1. The molecule has 0 spiro atoms. The molecule has 2 atom stereocenters. The second-order valence-corrected chi connectivity index (χ2v) is 7.81. The predicted molar refractivity (Wildman–Crippen MR) is 119 cm³/mol. The molecule has 188 valence electrons. The number of aromatic nitrogens is 2. The Morgan fingerprint density at radius 3 is 2.41 bits per heavy atom. The van der Waals surface area contributed by atoms with Crippen LogP contribution in [0.1, 0.15) is 45.4 Å². The SMILES string of the molecule is CC.CC1(C)OC2CCN(C(=O)OCc3ccccc3)CC2O1.Nc1cncc(C(F)(F)F)n1. The van der Waals surface area contributed by atoms with Crippen LogP contribution in [0.25, 0.3) is 0 Å². The van der Waals surface area contributed by atoms with Crippen LogP contribution in [0.15, 0.2) is 42.7 Å². The third kappa shape index (κ3) is 8.14. The van der Waals surface area contributed by atoms with Crippen molar-refractivity contribution in [1.29, 1.82) is 0 Å². The lowest BCUT2D eigenvalue weighted by atomic mass is 10.1. The number of likely N-dealkylation sites (tertiary alicyclic amines) is 1. The first-order chi connectivity index (χ1) is 16.0. The Balaban J connectivity index is 0.000000266. The lowest BCUT2D eigenvalue weighted by Gasteiger charge is -2.32. The van der Waals surface area contributed by atoms with Crippen LogP contribution < -0.4 is 5.73 Å². The number of piperidine rings is 1. The first-order valence-corrected chi connectivity index (χ1v) is 11.0. The number of nitrogen functional groups attached to an aromatic ring is 1. The number of nitrogens with zero attached hydrogens (tertiary/aromatic N) is 3. The number of anilines is 1. The van der Waals surface area contributed by atoms with Gasteiger partial charge in [-0.25, -0.2) is 9.78 Å². The van der Waals surface area contributed by atoms with Gasteiger partial charge in [0.05, 0.1) is 25.0 Å². The Bertz CT molecular complexity index is 913. The van der Waals surface area contributed by atoms with Crippen LogP contribution in [0.2, 0.25) is 0 Å². The maximum atomic E-state index is 12.1. The highest BCUT2D eigenvalue weighted by atomic mass is 19.4. The third-order valence-corrected chi connectivity index (χ3v) is 4.78. The molecule has 0 saturated carbocycles. The first kappa shape index (κ1) is 27.3. The third-order valence-electron chi connectivity index (χ3n) is 4.78. The van der Waals surface area contributed by atoms with Crippen LogP contribution in [-0.2, 0) is 27.0 Å². The van der Waals surface area contributed by atoms with Crippen LogP contribution in [0.5, 0.6) is 0 Å². The van der Waals surface area contributed by atoms with Crippen molar-refractivity contribution in [2.24, 2.45) is 0 Å². The molecule has 2 aliphatic rings. The van der Waals surface area contributed by atoms with Crippen LogP contribution in [0, 0.1) is 0 Å². The van der Waals surface area contributed by atoms with Gasteiger partial charge in [-0.2, -0.15) is 13.2 Å². The summed E-state index contributed by atoms with van der Waals surface area (Å²) in [7, 11) is 0. The van der Waals surface area contributed by atoms with Crippen molar-refractivity contribution in [2.75, 3.05) is 18.8 Å². The van der Waals surface area contributed by atoms with Crippen LogP contribution in [-0.4, -0.2) is 52.0 Å². The maximum Gasteiger partial charge on any atom is 0.434 e. The minimum absolute atomic E-state index is 0.0574. The summed E-state index contributed by atoms with van der Waals surface area (Å²) in [5, 5.41) is 0. The molecule has 0 bridgehead atoms. The number of halogens is 3. The van der Waals surface area contributed by atoms with E-state index >= 15 is 0 Å². The van der Waals surface area contributed by atoms with Crippen molar-refractivity contribution in [1.82, 2.24) is 14.9 Å². The zero-order valence-corrected chi connectivity index (χ0v) is 19.7. The smallest absolute Gasteiger partial charge is 0.434 e. The fourth-order valence-electron chi connectivity index (χ4n) is 3.39. The largest absolute Gasteiger partial charge is 0.445 e. The molecular weight excluding hydrogens is 453 g/mol. The van der Waals surface area contributed by atoms with Crippen molar-refractivity contribution in [3.8, 4) is 0 Å². The number of carbonyl (C=O) groups excluding carboxylic acids is 1. The number of amides is 1. The highest BCUT2D eigenvalue weighted by molar-refractivity contribution is 5.67. The number of nitrogens with two attached hydrogens (primary N) is 1. The first-order valence-electron chi connectivity index (χ1n) is 11.0. The highest BCUT2D eigenvalue weighted by Crippen LogP contribution is 2.33. The highest BCUT2D eigenvalue weighted by Gasteiger charge is 2.45. The average molecular weight is 485 g/mol. The maximum absolute atomic E-state index is 12.1. The Labute approximate surface area is 197 Å². The zero-order valence-electron chi connectivity index (χ0n) is 19.7. The van der Waals surface area contributed by atoms with Crippen molar-refractivity contribution < 1.29 is 32.2 Å². The molecule has 2 unspecified atom stereocenters. The van der Waals surface area contributed by atoms with E-state index in [1.165, 1.54) is 0 Å². The second-order valence-electron chi connectivity index (χ2n) is 7.81.